The van der Waals surface area contributed by atoms with Gasteiger partial charge >= 0.3 is 5.69 Å². The Labute approximate surface area is 173 Å². The molecule has 0 radical (unpaired) electrons. The number of hydrazone groups is 1. The molecule has 10 heteroatoms. The Hall–Kier alpha value is -3.40. The van der Waals surface area contributed by atoms with Gasteiger partial charge in [0.15, 0.2) is 15.8 Å². The second-order valence-electron chi connectivity index (χ2n) is 6.40. The van der Waals surface area contributed by atoms with Gasteiger partial charge in [-0.25, -0.2) is 10.2 Å². The predicted octanol–water partition coefficient (Wildman–Crippen LogP) is 2.28. The van der Waals surface area contributed by atoms with Crippen molar-refractivity contribution in [3.63, 3.8) is 0 Å². The summed E-state index contributed by atoms with van der Waals surface area (Å²) < 4.78 is 10.1. The number of furan rings is 1. The molecule has 0 aliphatic carbocycles. The summed E-state index contributed by atoms with van der Waals surface area (Å²) in [6.07, 6.45) is 1.49. The molecule has 0 aliphatic heterocycles. The van der Waals surface area contributed by atoms with E-state index in [4.69, 9.17) is 4.42 Å². The number of aromatic nitrogens is 4. The third kappa shape index (κ3) is 3.54. The van der Waals surface area contributed by atoms with Crippen molar-refractivity contribution in [3.05, 3.63) is 79.3 Å². The van der Waals surface area contributed by atoms with E-state index < -0.39 is 11.2 Å². The topological polar surface area (TPSA) is 99.3 Å². The third-order valence-corrected chi connectivity index (χ3v) is 4.91. The molecule has 3 aromatic heterocycles. The molecule has 29 heavy (non-hydrogen) atoms. The van der Waals surface area contributed by atoms with Crippen LogP contribution >= 0.6 is 15.9 Å². The van der Waals surface area contributed by atoms with Crippen molar-refractivity contribution in [3.8, 4) is 0 Å². The molecule has 4 rings (SSSR count). The molecule has 0 bridgehead atoms. The van der Waals surface area contributed by atoms with Gasteiger partial charge < -0.3 is 4.42 Å². The summed E-state index contributed by atoms with van der Waals surface area (Å²) in [4.78, 5) is 29.6. The summed E-state index contributed by atoms with van der Waals surface area (Å²) in [6, 6.07) is 13.2. The second-order valence-corrected chi connectivity index (χ2v) is 7.18. The highest BCUT2D eigenvalue weighted by Gasteiger charge is 2.19. The lowest BCUT2D eigenvalue weighted by Crippen LogP contribution is -2.37. The Morgan fingerprint density at radius 1 is 1.14 bits per heavy atom. The summed E-state index contributed by atoms with van der Waals surface area (Å²) in [5.74, 6) is 0.877. The molecule has 9 nitrogen and oxygen atoms in total. The second kappa shape index (κ2) is 7.55. The number of imidazole rings is 1. The summed E-state index contributed by atoms with van der Waals surface area (Å²) in [5, 5.41) is 4.16. The molecule has 0 saturated heterocycles. The van der Waals surface area contributed by atoms with Gasteiger partial charge in [-0.05, 0) is 33.6 Å². The van der Waals surface area contributed by atoms with Crippen LogP contribution < -0.4 is 16.7 Å². The smallest absolute Gasteiger partial charge is 0.332 e. The molecule has 0 unspecified atom stereocenters. The first-order chi connectivity index (χ1) is 14.0. The van der Waals surface area contributed by atoms with Crippen LogP contribution in [0.25, 0.3) is 11.2 Å². The molecule has 0 aliphatic rings. The zero-order valence-electron chi connectivity index (χ0n) is 15.7. The van der Waals surface area contributed by atoms with Gasteiger partial charge in [-0.3, -0.25) is 18.5 Å². The predicted molar refractivity (Wildman–Crippen MR) is 113 cm³/mol. The molecule has 1 aromatic carbocycles. The van der Waals surface area contributed by atoms with Gasteiger partial charge in [0, 0.05) is 14.1 Å². The first kappa shape index (κ1) is 18.9. The van der Waals surface area contributed by atoms with Gasteiger partial charge in [-0.2, -0.15) is 10.1 Å². The number of nitrogens with one attached hydrogen (secondary N) is 1. The average Bonchev–Trinajstić information content (AvgIpc) is 3.29. The summed E-state index contributed by atoms with van der Waals surface area (Å²) in [5.41, 5.74) is 3.57. The van der Waals surface area contributed by atoms with Crippen molar-refractivity contribution in [2.24, 2.45) is 19.2 Å². The number of anilines is 1. The summed E-state index contributed by atoms with van der Waals surface area (Å²) >= 11 is 3.24. The first-order valence-electron chi connectivity index (χ1n) is 8.70. The number of hydrogen-bond acceptors (Lipinski definition) is 6. The van der Waals surface area contributed by atoms with E-state index in [1.54, 1.807) is 23.7 Å². The normalized spacial score (nSPS) is 11.6. The van der Waals surface area contributed by atoms with Crippen LogP contribution in [0.2, 0.25) is 0 Å². The van der Waals surface area contributed by atoms with E-state index in [1.165, 1.54) is 17.8 Å². The Morgan fingerprint density at radius 3 is 2.59 bits per heavy atom. The molecule has 3 heterocycles. The van der Waals surface area contributed by atoms with Crippen LogP contribution in [0.3, 0.4) is 0 Å². The quantitative estimate of drug-likeness (QED) is 0.366. The monoisotopic (exact) mass is 456 g/mol. The maximum atomic E-state index is 12.8. The number of fused-ring (bicyclic) bond motifs is 1. The molecule has 4 aromatic rings. The summed E-state index contributed by atoms with van der Waals surface area (Å²) in [7, 11) is 3.03. The lowest BCUT2D eigenvalue weighted by molar-refractivity contribution is 0.534. The molecular weight excluding hydrogens is 440 g/mol. The van der Waals surface area contributed by atoms with Crippen LogP contribution in [0.15, 0.2) is 66.2 Å². The largest absolute Gasteiger partial charge is 0.448 e. The van der Waals surface area contributed by atoms with Gasteiger partial charge in [0.25, 0.3) is 5.56 Å². The highest BCUT2D eigenvalue weighted by atomic mass is 79.9. The van der Waals surface area contributed by atoms with Gasteiger partial charge in [0.05, 0.1) is 12.8 Å². The number of halogens is 1. The van der Waals surface area contributed by atoms with Crippen LogP contribution in [0.5, 0.6) is 0 Å². The van der Waals surface area contributed by atoms with Crippen molar-refractivity contribution in [2.45, 2.75) is 6.54 Å². The Balaban J connectivity index is 1.83. The zero-order chi connectivity index (χ0) is 20.5. The molecular formula is C19H17BrN6O3. The number of hydrogen-bond donors (Lipinski definition) is 1. The lowest BCUT2D eigenvalue weighted by Gasteiger charge is -2.09. The highest BCUT2D eigenvalue weighted by Crippen LogP contribution is 2.18. The van der Waals surface area contributed by atoms with Crippen molar-refractivity contribution >= 4 is 39.3 Å². The van der Waals surface area contributed by atoms with Crippen molar-refractivity contribution in [1.82, 2.24) is 18.7 Å². The molecule has 1 N–H and O–H groups in total. The lowest BCUT2D eigenvalue weighted by atomic mass is 10.2. The van der Waals surface area contributed by atoms with E-state index in [0.29, 0.717) is 28.4 Å². The average molecular weight is 457 g/mol. The van der Waals surface area contributed by atoms with Crippen LogP contribution in [-0.4, -0.2) is 24.9 Å². The Morgan fingerprint density at radius 2 is 1.90 bits per heavy atom. The minimum atomic E-state index is -0.442. The Bertz CT molecular complexity index is 1330. The van der Waals surface area contributed by atoms with E-state index >= 15 is 0 Å². The molecule has 0 saturated carbocycles. The van der Waals surface area contributed by atoms with E-state index in [1.807, 2.05) is 30.3 Å². The van der Waals surface area contributed by atoms with Crippen molar-refractivity contribution in [2.75, 3.05) is 5.43 Å². The van der Waals surface area contributed by atoms with Gasteiger partial charge in [0.1, 0.15) is 5.76 Å². The van der Waals surface area contributed by atoms with E-state index in [0.717, 1.165) is 10.1 Å². The number of rotatable bonds is 5. The fourth-order valence-electron chi connectivity index (χ4n) is 3.00. The zero-order valence-corrected chi connectivity index (χ0v) is 17.3. The minimum absolute atomic E-state index is 0.285. The van der Waals surface area contributed by atoms with Crippen molar-refractivity contribution in [1.29, 1.82) is 0 Å². The highest BCUT2D eigenvalue weighted by molar-refractivity contribution is 9.10. The molecule has 148 valence electrons. The van der Waals surface area contributed by atoms with E-state index in [-0.39, 0.29) is 5.65 Å². The third-order valence-electron chi connectivity index (χ3n) is 4.48. The van der Waals surface area contributed by atoms with Gasteiger partial charge in [-0.15, -0.1) is 0 Å². The van der Waals surface area contributed by atoms with Crippen LogP contribution in [0.1, 0.15) is 11.3 Å². The van der Waals surface area contributed by atoms with E-state index in [9.17, 15) is 9.59 Å². The van der Waals surface area contributed by atoms with Gasteiger partial charge in [-0.1, -0.05) is 30.3 Å². The maximum absolute atomic E-state index is 12.8. The fourth-order valence-corrected chi connectivity index (χ4v) is 3.32. The molecule has 0 fully saturated rings. The van der Waals surface area contributed by atoms with Crippen LogP contribution in [0.4, 0.5) is 5.95 Å². The van der Waals surface area contributed by atoms with Crippen molar-refractivity contribution < 1.29 is 4.42 Å². The number of nitrogens with zero attached hydrogens (tertiary/aromatic N) is 5. The van der Waals surface area contributed by atoms with Crippen LogP contribution in [-0.2, 0) is 20.6 Å². The van der Waals surface area contributed by atoms with Gasteiger partial charge in [0.2, 0.25) is 5.95 Å². The first-order valence-corrected chi connectivity index (χ1v) is 9.49. The van der Waals surface area contributed by atoms with Crippen LogP contribution in [0, 0.1) is 0 Å². The molecule has 0 amide bonds. The number of benzene rings is 1. The molecule has 0 atom stereocenters. The SMILES string of the molecule is Cn1c(=O)c2c(nc(N/N=C/c3ccc(Br)o3)n2Cc2ccccc2)n(C)c1=O. The standard InChI is InChI=1S/C19H17BrN6O3/c1-24-16-15(17(27)25(2)19(24)28)26(11-12-6-4-3-5-7-12)18(22-16)23-21-10-13-8-9-14(20)29-13/h3-10H,11H2,1-2H3,(H,22,23)/b21-10+. The Kier molecular flexibility index (Phi) is 4.93. The maximum Gasteiger partial charge on any atom is 0.332 e. The summed E-state index contributed by atoms with van der Waals surface area (Å²) in [6.45, 7) is 0.384. The fraction of sp³-hybridized carbons (Fsp3) is 0.158. The number of aryl methyl sites for hydroxylation is 1. The minimum Gasteiger partial charge on any atom is -0.448 e. The molecule has 0 spiro atoms. The van der Waals surface area contributed by atoms with E-state index in [2.05, 4.69) is 31.4 Å².